The molecule has 0 spiro atoms. The standard InChI is InChI=1S/C18H20FN3O/c1-15-7-8-17(13-18(15)19)22(14-23)21-11-9-20(10-12-21)16-5-3-2-4-6-16/h2-8,13-14H,9-12H2,1H3. The number of hydrogen-bond acceptors (Lipinski definition) is 3. The lowest BCUT2D eigenvalue weighted by Crippen LogP contribution is -2.53. The molecule has 2 aromatic rings. The van der Waals surface area contributed by atoms with E-state index >= 15 is 0 Å². The topological polar surface area (TPSA) is 26.8 Å². The fourth-order valence-electron chi connectivity index (χ4n) is 2.82. The highest BCUT2D eigenvalue weighted by atomic mass is 19.1. The summed E-state index contributed by atoms with van der Waals surface area (Å²) >= 11 is 0. The Hall–Kier alpha value is -2.40. The van der Waals surface area contributed by atoms with E-state index in [-0.39, 0.29) is 5.82 Å². The van der Waals surface area contributed by atoms with Crippen LogP contribution in [0.5, 0.6) is 0 Å². The van der Waals surface area contributed by atoms with Gasteiger partial charge >= 0.3 is 0 Å². The van der Waals surface area contributed by atoms with Crippen LogP contribution < -0.4 is 9.91 Å². The van der Waals surface area contributed by atoms with Crippen molar-refractivity contribution in [1.29, 1.82) is 0 Å². The maximum absolute atomic E-state index is 13.8. The second-order valence-electron chi connectivity index (χ2n) is 5.66. The molecule has 1 heterocycles. The van der Waals surface area contributed by atoms with E-state index in [9.17, 15) is 9.18 Å². The van der Waals surface area contributed by atoms with Gasteiger partial charge in [-0.1, -0.05) is 24.3 Å². The first-order chi connectivity index (χ1) is 11.2. The highest BCUT2D eigenvalue weighted by Gasteiger charge is 2.22. The van der Waals surface area contributed by atoms with Gasteiger partial charge in [0.15, 0.2) is 0 Å². The Morgan fingerprint density at radius 1 is 1.04 bits per heavy atom. The van der Waals surface area contributed by atoms with Crippen LogP contribution in [0.3, 0.4) is 0 Å². The number of hydrogen-bond donors (Lipinski definition) is 0. The molecule has 1 saturated heterocycles. The number of piperazine rings is 1. The molecule has 0 unspecified atom stereocenters. The number of benzene rings is 2. The molecule has 0 atom stereocenters. The number of nitrogens with zero attached hydrogens (tertiary/aromatic N) is 3. The molecule has 1 aliphatic heterocycles. The average molecular weight is 313 g/mol. The van der Waals surface area contributed by atoms with Crippen LogP contribution >= 0.6 is 0 Å². The first-order valence-electron chi connectivity index (χ1n) is 7.74. The summed E-state index contributed by atoms with van der Waals surface area (Å²) in [7, 11) is 0. The van der Waals surface area contributed by atoms with Crippen molar-refractivity contribution in [2.24, 2.45) is 0 Å². The van der Waals surface area contributed by atoms with Crippen molar-refractivity contribution in [3.8, 4) is 0 Å². The van der Waals surface area contributed by atoms with Crippen LogP contribution in [0.25, 0.3) is 0 Å². The molecular formula is C18H20FN3O. The average Bonchev–Trinajstić information content (AvgIpc) is 2.60. The number of aryl methyl sites for hydroxylation is 1. The maximum atomic E-state index is 13.8. The highest BCUT2D eigenvalue weighted by molar-refractivity contribution is 5.74. The molecule has 3 rings (SSSR count). The van der Waals surface area contributed by atoms with Crippen LogP contribution in [0, 0.1) is 12.7 Å². The van der Waals surface area contributed by atoms with Gasteiger partial charge in [-0.25, -0.2) is 14.4 Å². The van der Waals surface area contributed by atoms with E-state index in [4.69, 9.17) is 0 Å². The number of para-hydroxylation sites is 1. The second-order valence-corrected chi connectivity index (χ2v) is 5.66. The molecule has 0 bridgehead atoms. The minimum Gasteiger partial charge on any atom is -0.369 e. The Labute approximate surface area is 135 Å². The lowest BCUT2D eigenvalue weighted by atomic mass is 10.2. The van der Waals surface area contributed by atoms with Crippen LogP contribution in [-0.4, -0.2) is 37.6 Å². The molecule has 0 aromatic heterocycles. The third-order valence-electron chi connectivity index (χ3n) is 4.20. The van der Waals surface area contributed by atoms with Crippen LogP contribution in [0.15, 0.2) is 48.5 Å². The molecule has 2 aromatic carbocycles. The van der Waals surface area contributed by atoms with Gasteiger partial charge in [-0.2, -0.15) is 0 Å². The lowest BCUT2D eigenvalue weighted by molar-refractivity contribution is -0.110. The van der Waals surface area contributed by atoms with E-state index in [0.29, 0.717) is 24.3 Å². The van der Waals surface area contributed by atoms with Crippen molar-refractivity contribution >= 4 is 17.8 Å². The summed E-state index contributed by atoms with van der Waals surface area (Å²) in [6.45, 7) is 4.78. The summed E-state index contributed by atoms with van der Waals surface area (Å²) in [4.78, 5) is 13.8. The highest BCUT2D eigenvalue weighted by Crippen LogP contribution is 2.21. The zero-order valence-electron chi connectivity index (χ0n) is 13.2. The Bertz CT molecular complexity index is 669. The lowest BCUT2D eigenvalue weighted by Gasteiger charge is -2.40. The fourth-order valence-corrected chi connectivity index (χ4v) is 2.82. The number of carbonyl (C=O) groups is 1. The number of hydrazine groups is 1. The van der Waals surface area contributed by atoms with Crippen LogP contribution in [-0.2, 0) is 4.79 Å². The summed E-state index contributed by atoms with van der Waals surface area (Å²) in [5.74, 6) is -0.294. The minimum absolute atomic E-state index is 0.294. The molecule has 0 aliphatic carbocycles. The van der Waals surface area contributed by atoms with Gasteiger partial charge in [-0.15, -0.1) is 0 Å². The molecule has 0 N–H and O–H groups in total. The molecule has 0 radical (unpaired) electrons. The van der Waals surface area contributed by atoms with Gasteiger partial charge in [0.2, 0.25) is 6.41 Å². The van der Waals surface area contributed by atoms with Gasteiger partial charge < -0.3 is 4.90 Å². The summed E-state index contributed by atoms with van der Waals surface area (Å²) in [5.41, 5.74) is 2.33. The maximum Gasteiger partial charge on any atom is 0.228 e. The normalized spacial score (nSPS) is 15.5. The molecule has 23 heavy (non-hydrogen) atoms. The third-order valence-corrected chi connectivity index (χ3v) is 4.20. The number of carbonyl (C=O) groups excluding carboxylic acids is 1. The summed E-state index contributed by atoms with van der Waals surface area (Å²) < 4.78 is 13.8. The van der Waals surface area contributed by atoms with E-state index in [1.165, 1.54) is 16.8 Å². The molecule has 4 nitrogen and oxygen atoms in total. The van der Waals surface area contributed by atoms with Crippen molar-refractivity contribution in [2.45, 2.75) is 6.92 Å². The van der Waals surface area contributed by atoms with Crippen LogP contribution in [0.4, 0.5) is 15.8 Å². The van der Waals surface area contributed by atoms with E-state index in [0.717, 1.165) is 19.5 Å². The molecular weight excluding hydrogens is 293 g/mol. The number of anilines is 2. The quantitative estimate of drug-likeness (QED) is 0.812. The third kappa shape index (κ3) is 3.35. The first kappa shape index (κ1) is 15.5. The molecule has 5 heteroatoms. The van der Waals surface area contributed by atoms with Crippen molar-refractivity contribution < 1.29 is 9.18 Å². The molecule has 120 valence electrons. The molecule has 0 saturated carbocycles. The Balaban J connectivity index is 1.70. The number of rotatable bonds is 4. The molecule has 1 fully saturated rings. The SMILES string of the molecule is Cc1ccc(N(C=O)N2CCN(c3ccccc3)CC2)cc1F. The van der Waals surface area contributed by atoms with Gasteiger partial charge in [0.05, 0.1) is 5.69 Å². The Morgan fingerprint density at radius 2 is 1.74 bits per heavy atom. The first-order valence-corrected chi connectivity index (χ1v) is 7.74. The Morgan fingerprint density at radius 3 is 2.35 bits per heavy atom. The van der Waals surface area contributed by atoms with E-state index in [1.54, 1.807) is 19.1 Å². The molecule has 1 amide bonds. The van der Waals surface area contributed by atoms with Crippen LogP contribution in [0.2, 0.25) is 0 Å². The van der Waals surface area contributed by atoms with E-state index < -0.39 is 0 Å². The van der Waals surface area contributed by atoms with Crippen molar-refractivity contribution in [1.82, 2.24) is 5.01 Å². The zero-order chi connectivity index (χ0) is 16.2. The monoisotopic (exact) mass is 313 g/mol. The number of halogens is 1. The summed E-state index contributed by atoms with van der Waals surface area (Å²) in [6, 6.07) is 15.1. The largest absolute Gasteiger partial charge is 0.369 e. The van der Waals surface area contributed by atoms with Crippen LogP contribution in [0.1, 0.15) is 5.56 Å². The van der Waals surface area contributed by atoms with E-state index in [2.05, 4.69) is 17.0 Å². The van der Waals surface area contributed by atoms with Crippen molar-refractivity contribution in [3.63, 3.8) is 0 Å². The zero-order valence-corrected chi connectivity index (χ0v) is 13.2. The van der Waals surface area contributed by atoms with Gasteiger partial charge in [0, 0.05) is 31.9 Å². The van der Waals surface area contributed by atoms with Gasteiger partial charge in [-0.3, -0.25) is 4.79 Å². The summed E-state index contributed by atoms with van der Waals surface area (Å²) in [5, 5.41) is 3.46. The van der Waals surface area contributed by atoms with Gasteiger partial charge in [0.25, 0.3) is 0 Å². The predicted octanol–water partition coefficient (Wildman–Crippen LogP) is 2.83. The van der Waals surface area contributed by atoms with Crippen molar-refractivity contribution in [2.75, 3.05) is 36.1 Å². The minimum atomic E-state index is -0.294. The smallest absolute Gasteiger partial charge is 0.228 e. The van der Waals surface area contributed by atoms with Gasteiger partial charge in [-0.05, 0) is 36.8 Å². The Kier molecular flexibility index (Phi) is 4.57. The second kappa shape index (κ2) is 6.79. The number of amides is 1. The molecule has 1 aliphatic rings. The van der Waals surface area contributed by atoms with Crippen molar-refractivity contribution in [3.05, 3.63) is 59.9 Å². The summed E-state index contributed by atoms with van der Waals surface area (Å²) in [6.07, 6.45) is 0.752. The van der Waals surface area contributed by atoms with E-state index in [1.807, 2.05) is 23.2 Å². The fraction of sp³-hybridized carbons (Fsp3) is 0.278. The van der Waals surface area contributed by atoms with Gasteiger partial charge in [0.1, 0.15) is 5.82 Å². The predicted molar refractivity (Wildman–Crippen MR) is 89.9 cm³/mol.